The van der Waals surface area contributed by atoms with E-state index in [1.807, 2.05) is 6.26 Å². The van der Waals surface area contributed by atoms with E-state index in [-0.39, 0.29) is 24.4 Å². The largest absolute Gasteiger partial charge is 0.492 e. The zero-order chi connectivity index (χ0) is 12.3. The molecule has 1 rings (SSSR count). The Balaban J connectivity index is 2.50. The van der Waals surface area contributed by atoms with Gasteiger partial charge in [0.05, 0.1) is 12.6 Å². The van der Waals surface area contributed by atoms with Crippen molar-refractivity contribution in [2.45, 2.75) is 17.5 Å². The van der Waals surface area contributed by atoms with Gasteiger partial charge in [0.1, 0.15) is 0 Å². The minimum Gasteiger partial charge on any atom is -0.379 e. The molecule has 8 heteroatoms. The van der Waals surface area contributed by atoms with E-state index in [9.17, 15) is 18.0 Å². The number of carbonyl (C=O) groups excluding carboxylic acids is 1. The van der Waals surface area contributed by atoms with Crippen LogP contribution in [-0.4, -0.2) is 55.0 Å². The number of nitrogens with zero attached hydrogens (tertiary/aromatic N) is 1. The summed E-state index contributed by atoms with van der Waals surface area (Å²) in [6.45, 7) is 0.394. The third-order valence-corrected chi connectivity index (χ3v) is 3.29. The SMILES string of the molecule is COC1CN(OC(=O)C(F)(F)F)CC1SC. The molecule has 0 aromatic rings. The van der Waals surface area contributed by atoms with Gasteiger partial charge in [-0.25, -0.2) is 4.79 Å². The molecule has 0 aliphatic carbocycles. The molecular weight excluding hydrogens is 247 g/mol. The molecule has 94 valence electrons. The predicted molar refractivity (Wildman–Crippen MR) is 51.8 cm³/mol. The third-order valence-electron chi connectivity index (χ3n) is 2.23. The molecule has 1 saturated heterocycles. The summed E-state index contributed by atoms with van der Waals surface area (Å²) >= 11 is 1.46. The lowest BCUT2D eigenvalue weighted by Gasteiger charge is -2.15. The molecular formula is C8H12F3NO3S. The molecule has 1 aliphatic heterocycles. The quantitative estimate of drug-likeness (QED) is 0.758. The molecule has 0 bridgehead atoms. The number of thioether (sulfide) groups is 1. The first-order valence-electron chi connectivity index (χ1n) is 4.48. The molecule has 0 N–H and O–H groups in total. The highest BCUT2D eigenvalue weighted by atomic mass is 32.2. The number of halogens is 3. The lowest BCUT2D eigenvalue weighted by molar-refractivity contribution is -0.235. The van der Waals surface area contributed by atoms with Gasteiger partial charge in [-0.2, -0.15) is 24.9 Å². The van der Waals surface area contributed by atoms with Crippen LogP contribution in [0.4, 0.5) is 13.2 Å². The highest BCUT2D eigenvalue weighted by Gasteiger charge is 2.44. The van der Waals surface area contributed by atoms with Gasteiger partial charge in [0.2, 0.25) is 0 Å². The van der Waals surface area contributed by atoms with Gasteiger partial charge < -0.3 is 9.57 Å². The van der Waals surface area contributed by atoms with E-state index in [1.165, 1.54) is 18.9 Å². The summed E-state index contributed by atoms with van der Waals surface area (Å²) in [4.78, 5) is 14.8. The summed E-state index contributed by atoms with van der Waals surface area (Å²) in [5, 5.41) is 0.997. The summed E-state index contributed by atoms with van der Waals surface area (Å²) in [5.41, 5.74) is 0. The Morgan fingerprint density at radius 3 is 2.44 bits per heavy atom. The lowest BCUT2D eigenvalue weighted by atomic mass is 10.3. The Morgan fingerprint density at radius 2 is 2.06 bits per heavy atom. The van der Waals surface area contributed by atoms with Crippen LogP contribution in [0.25, 0.3) is 0 Å². The summed E-state index contributed by atoms with van der Waals surface area (Å²) < 4.78 is 40.8. The maximum absolute atomic E-state index is 11.9. The Kier molecular flexibility index (Phi) is 4.45. The maximum Gasteiger partial charge on any atom is 0.492 e. The van der Waals surface area contributed by atoms with Crippen molar-refractivity contribution in [3.05, 3.63) is 0 Å². The fraction of sp³-hybridized carbons (Fsp3) is 0.875. The van der Waals surface area contributed by atoms with E-state index in [0.29, 0.717) is 0 Å². The van der Waals surface area contributed by atoms with Crippen molar-refractivity contribution in [1.29, 1.82) is 0 Å². The van der Waals surface area contributed by atoms with Crippen LogP contribution in [-0.2, 0) is 14.4 Å². The Hall–Kier alpha value is -0.470. The van der Waals surface area contributed by atoms with Crippen LogP contribution in [0, 0.1) is 0 Å². The zero-order valence-electron chi connectivity index (χ0n) is 8.78. The van der Waals surface area contributed by atoms with Gasteiger partial charge in [-0.05, 0) is 6.26 Å². The molecule has 2 unspecified atom stereocenters. The molecule has 16 heavy (non-hydrogen) atoms. The van der Waals surface area contributed by atoms with Crippen LogP contribution in [0.2, 0.25) is 0 Å². The van der Waals surface area contributed by atoms with Crippen LogP contribution in [0.3, 0.4) is 0 Å². The molecule has 0 saturated carbocycles. The molecule has 0 spiro atoms. The van der Waals surface area contributed by atoms with E-state index < -0.39 is 12.1 Å². The number of hydroxylamine groups is 2. The monoisotopic (exact) mass is 259 g/mol. The second kappa shape index (κ2) is 5.24. The normalized spacial score (nSPS) is 27.1. The predicted octanol–water partition coefficient (Wildman–Crippen LogP) is 1.07. The minimum atomic E-state index is -4.96. The second-order valence-corrected chi connectivity index (χ2v) is 4.35. The van der Waals surface area contributed by atoms with Gasteiger partial charge in [0, 0.05) is 18.9 Å². The fourth-order valence-corrected chi connectivity index (χ4v) is 2.22. The first-order valence-corrected chi connectivity index (χ1v) is 5.77. The van der Waals surface area contributed by atoms with Crippen molar-refractivity contribution in [2.75, 3.05) is 26.5 Å². The highest BCUT2D eigenvalue weighted by molar-refractivity contribution is 7.99. The van der Waals surface area contributed by atoms with E-state index in [0.717, 1.165) is 5.06 Å². The number of ether oxygens (including phenoxy) is 1. The maximum atomic E-state index is 11.9. The van der Waals surface area contributed by atoms with Crippen molar-refractivity contribution in [1.82, 2.24) is 5.06 Å². The smallest absolute Gasteiger partial charge is 0.379 e. The number of hydrogen-bond acceptors (Lipinski definition) is 5. The van der Waals surface area contributed by atoms with Gasteiger partial charge in [0.25, 0.3) is 0 Å². The topological polar surface area (TPSA) is 38.8 Å². The molecule has 0 radical (unpaired) electrons. The minimum absolute atomic E-state index is 0.00559. The molecule has 1 fully saturated rings. The molecule has 2 atom stereocenters. The van der Waals surface area contributed by atoms with Crippen molar-refractivity contribution >= 4 is 17.7 Å². The standard InChI is InChI=1S/C8H12F3NO3S/c1-14-5-3-12(4-6(5)16-2)15-7(13)8(9,10)11/h5-6H,3-4H2,1-2H3. The van der Waals surface area contributed by atoms with Crippen LogP contribution in [0.5, 0.6) is 0 Å². The number of methoxy groups -OCH3 is 1. The Bertz CT molecular complexity index is 249. The number of hydrogen-bond donors (Lipinski definition) is 0. The van der Waals surface area contributed by atoms with Crippen LogP contribution in [0.15, 0.2) is 0 Å². The zero-order valence-corrected chi connectivity index (χ0v) is 9.60. The van der Waals surface area contributed by atoms with Crippen LogP contribution < -0.4 is 0 Å². The summed E-state index contributed by atoms with van der Waals surface area (Å²) in [7, 11) is 1.48. The van der Waals surface area contributed by atoms with E-state index in [1.54, 1.807) is 0 Å². The van der Waals surface area contributed by atoms with E-state index >= 15 is 0 Å². The van der Waals surface area contributed by atoms with Crippen molar-refractivity contribution in [3.8, 4) is 0 Å². The first kappa shape index (κ1) is 13.6. The van der Waals surface area contributed by atoms with Gasteiger partial charge in [0.15, 0.2) is 0 Å². The van der Waals surface area contributed by atoms with E-state index in [4.69, 9.17) is 4.74 Å². The summed E-state index contributed by atoms with van der Waals surface area (Å²) in [5.74, 6) is -2.19. The lowest BCUT2D eigenvalue weighted by Crippen LogP contribution is -2.34. The van der Waals surface area contributed by atoms with Gasteiger partial charge >= 0.3 is 12.1 Å². The molecule has 0 amide bonds. The first-order chi connectivity index (χ1) is 7.38. The number of alkyl halides is 3. The van der Waals surface area contributed by atoms with Gasteiger partial charge in [-0.1, -0.05) is 0 Å². The molecule has 1 heterocycles. The fourth-order valence-electron chi connectivity index (χ4n) is 1.41. The average Bonchev–Trinajstić information content (AvgIpc) is 2.58. The average molecular weight is 259 g/mol. The van der Waals surface area contributed by atoms with E-state index in [2.05, 4.69) is 4.84 Å². The summed E-state index contributed by atoms with van der Waals surface area (Å²) in [6, 6.07) is 0. The molecule has 0 aromatic carbocycles. The highest BCUT2D eigenvalue weighted by Crippen LogP contribution is 2.25. The van der Waals surface area contributed by atoms with Crippen molar-refractivity contribution in [2.24, 2.45) is 0 Å². The second-order valence-electron chi connectivity index (χ2n) is 3.27. The summed E-state index contributed by atoms with van der Waals surface area (Å²) in [6.07, 6.45) is -3.36. The number of carbonyl (C=O) groups is 1. The van der Waals surface area contributed by atoms with Crippen LogP contribution >= 0.6 is 11.8 Å². The molecule has 1 aliphatic rings. The molecule has 4 nitrogen and oxygen atoms in total. The van der Waals surface area contributed by atoms with Gasteiger partial charge in [-0.3, -0.25) is 0 Å². The number of rotatable bonds is 3. The Morgan fingerprint density at radius 1 is 1.44 bits per heavy atom. The van der Waals surface area contributed by atoms with Crippen molar-refractivity contribution in [3.63, 3.8) is 0 Å². The third kappa shape index (κ3) is 3.26. The van der Waals surface area contributed by atoms with Crippen LogP contribution in [0.1, 0.15) is 0 Å². The van der Waals surface area contributed by atoms with Crippen molar-refractivity contribution < 1.29 is 27.5 Å². The molecule has 0 aromatic heterocycles. The Labute approximate surface area is 95.0 Å². The van der Waals surface area contributed by atoms with Gasteiger partial charge in [-0.15, -0.1) is 5.06 Å².